The van der Waals surface area contributed by atoms with Crippen molar-refractivity contribution < 1.29 is 24.8 Å². The molecule has 1 aromatic carbocycles. The molecule has 1 fully saturated rings. The molecule has 3 aromatic rings. The molecule has 31 heavy (non-hydrogen) atoms. The third-order valence-electron chi connectivity index (χ3n) is 4.81. The van der Waals surface area contributed by atoms with Crippen LogP contribution in [0, 0.1) is 0 Å². The molecule has 4 atom stereocenters. The minimum Gasteiger partial charge on any atom is -0.494 e. The summed E-state index contributed by atoms with van der Waals surface area (Å²) >= 11 is 0. The number of imidazole rings is 1. The summed E-state index contributed by atoms with van der Waals surface area (Å²) in [6.45, 7) is 2.07. The molecule has 0 radical (unpaired) electrons. The van der Waals surface area contributed by atoms with Gasteiger partial charge >= 0.3 is 0 Å². The summed E-state index contributed by atoms with van der Waals surface area (Å²) in [5, 5.41) is 33.7. The van der Waals surface area contributed by atoms with Crippen LogP contribution in [-0.2, 0) is 4.74 Å². The Kier molecular flexibility index (Phi) is 5.95. The third kappa shape index (κ3) is 4.14. The van der Waals surface area contributed by atoms with Crippen LogP contribution >= 0.6 is 0 Å². The molecular weight excluding hydrogens is 406 g/mol. The van der Waals surface area contributed by atoms with E-state index in [1.165, 1.54) is 10.9 Å². The molecule has 0 aliphatic carbocycles. The number of hydrazone groups is 1. The molecule has 1 saturated heterocycles. The third-order valence-corrected chi connectivity index (χ3v) is 4.81. The van der Waals surface area contributed by atoms with Crippen LogP contribution < -0.4 is 15.9 Å². The fourth-order valence-electron chi connectivity index (χ4n) is 3.27. The van der Waals surface area contributed by atoms with Crippen LogP contribution in [0.3, 0.4) is 0 Å². The topological polar surface area (TPSA) is 173 Å². The zero-order valence-corrected chi connectivity index (χ0v) is 16.7. The minimum atomic E-state index is -1.28. The molecule has 164 valence electrons. The maximum absolute atomic E-state index is 10.3. The number of hydrogen-bond donors (Lipinski definition) is 5. The number of nitrogens with zero attached hydrogens (tertiary/aromatic N) is 5. The molecule has 0 amide bonds. The van der Waals surface area contributed by atoms with Crippen molar-refractivity contribution in [1.29, 1.82) is 0 Å². The molecule has 6 N–H and O–H groups in total. The summed E-state index contributed by atoms with van der Waals surface area (Å²) in [5.74, 6) is 0.988. The van der Waals surface area contributed by atoms with Gasteiger partial charge in [0.1, 0.15) is 29.6 Å². The lowest BCUT2D eigenvalue weighted by Gasteiger charge is -2.16. The molecule has 2 aromatic heterocycles. The number of nitrogen functional groups attached to an aromatic ring is 1. The number of rotatable bonds is 7. The van der Waals surface area contributed by atoms with Gasteiger partial charge in [-0.1, -0.05) is 0 Å². The van der Waals surface area contributed by atoms with Crippen LogP contribution in [0.25, 0.3) is 11.2 Å². The second-order valence-corrected chi connectivity index (χ2v) is 6.86. The molecule has 0 spiro atoms. The standard InChI is InChI=1S/C19H23N7O5/c1-2-30-11-5-3-10(4-6-11)7-22-25-19-23-16(20)13-17(24-19)26(9-21-13)18-15(29)14(28)12(8-27)31-18/h3-7,9,12,14-15,18,27-29H,2,8H2,1H3,(H3,20,23,24,25)/t12-,14-,15-,18-/m1/s1. The molecule has 0 bridgehead atoms. The fourth-order valence-corrected chi connectivity index (χ4v) is 3.27. The number of aliphatic hydroxyl groups is 3. The van der Waals surface area contributed by atoms with E-state index in [1.807, 2.05) is 31.2 Å². The van der Waals surface area contributed by atoms with Crippen molar-refractivity contribution in [2.45, 2.75) is 31.5 Å². The van der Waals surface area contributed by atoms with Gasteiger partial charge in [0, 0.05) is 0 Å². The minimum absolute atomic E-state index is 0.106. The van der Waals surface area contributed by atoms with Gasteiger partial charge in [-0.25, -0.2) is 10.4 Å². The molecular formula is C19H23N7O5. The van der Waals surface area contributed by atoms with Gasteiger partial charge in [0.05, 0.1) is 25.8 Å². The van der Waals surface area contributed by atoms with Crippen molar-refractivity contribution in [2.75, 3.05) is 24.4 Å². The fraction of sp³-hybridized carbons (Fsp3) is 0.368. The van der Waals surface area contributed by atoms with E-state index in [0.717, 1.165) is 11.3 Å². The van der Waals surface area contributed by atoms with Gasteiger partial charge < -0.3 is 30.5 Å². The average Bonchev–Trinajstić information content (AvgIpc) is 3.31. The normalized spacial score (nSPS) is 23.6. The highest BCUT2D eigenvalue weighted by molar-refractivity contribution is 5.83. The van der Waals surface area contributed by atoms with Crippen LogP contribution in [0.4, 0.5) is 11.8 Å². The summed E-state index contributed by atoms with van der Waals surface area (Å²) in [6, 6.07) is 7.38. The van der Waals surface area contributed by atoms with E-state index < -0.39 is 31.1 Å². The van der Waals surface area contributed by atoms with E-state index >= 15 is 0 Å². The highest BCUT2D eigenvalue weighted by Gasteiger charge is 2.44. The highest BCUT2D eigenvalue weighted by atomic mass is 16.6. The SMILES string of the molecule is CCOc1ccc(C=NNc2nc(N)c3ncn([C@@H]4O[C@H](CO)[C@@H](O)[C@H]4O)c3n2)cc1. The van der Waals surface area contributed by atoms with Crippen molar-refractivity contribution in [3.8, 4) is 5.75 Å². The number of nitrogens with one attached hydrogen (secondary N) is 1. The number of benzene rings is 1. The van der Waals surface area contributed by atoms with Crippen LogP contribution in [0.5, 0.6) is 5.75 Å². The van der Waals surface area contributed by atoms with Crippen molar-refractivity contribution in [3.05, 3.63) is 36.2 Å². The predicted molar refractivity (Wildman–Crippen MR) is 112 cm³/mol. The van der Waals surface area contributed by atoms with Crippen LogP contribution in [0.1, 0.15) is 18.7 Å². The predicted octanol–water partition coefficient (Wildman–Crippen LogP) is -0.135. The summed E-state index contributed by atoms with van der Waals surface area (Å²) in [7, 11) is 0. The maximum atomic E-state index is 10.3. The summed E-state index contributed by atoms with van der Waals surface area (Å²) in [5.41, 5.74) is 10.1. The second kappa shape index (κ2) is 8.81. The first kappa shape index (κ1) is 20.9. The number of ether oxygens (including phenoxy) is 2. The van der Waals surface area contributed by atoms with E-state index in [9.17, 15) is 15.3 Å². The Bertz CT molecular complexity index is 1070. The van der Waals surface area contributed by atoms with E-state index in [1.54, 1.807) is 6.21 Å². The first-order valence-corrected chi connectivity index (χ1v) is 9.66. The Balaban J connectivity index is 1.55. The van der Waals surface area contributed by atoms with Gasteiger partial charge in [0.2, 0.25) is 5.95 Å². The van der Waals surface area contributed by atoms with Crippen LogP contribution in [0.15, 0.2) is 35.7 Å². The van der Waals surface area contributed by atoms with Gasteiger partial charge in [0.25, 0.3) is 0 Å². The van der Waals surface area contributed by atoms with E-state index in [2.05, 4.69) is 25.5 Å². The monoisotopic (exact) mass is 429 g/mol. The quantitative estimate of drug-likeness (QED) is 0.251. The molecule has 0 unspecified atom stereocenters. The van der Waals surface area contributed by atoms with Gasteiger partial charge in [-0.3, -0.25) is 4.57 Å². The summed E-state index contributed by atoms with van der Waals surface area (Å²) in [6.07, 6.45) is -1.48. The van der Waals surface area contributed by atoms with Crippen molar-refractivity contribution in [2.24, 2.45) is 5.10 Å². The lowest BCUT2D eigenvalue weighted by atomic mass is 10.1. The molecule has 3 heterocycles. The first-order chi connectivity index (χ1) is 15.0. The number of aromatic nitrogens is 4. The Labute approximate surface area is 177 Å². The number of aliphatic hydroxyl groups excluding tert-OH is 3. The van der Waals surface area contributed by atoms with Crippen LogP contribution in [0.2, 0.25) is 0 Å². The number of fused-ring (bicyclic) bond motifs is 1. The van der Waals surface area contributed by atoms with E-state index in [-0.39, 0.29) is 17.4 Å². The Morgan fingerprint density at radius 3 is 2.71 bits per heavy atom. The first-order valence-electron chi connectivity index (χ1n) is 9.66. The smallest absolute Gasteiger partial charge is 0.247 e. The van der Waals surface area contributed by atoms with Gasteiger partial charge in [-0.15, -0.1) is 0 Å². The molecule has 12 heteroatoms. The Morgan fingerprint density at radius 2 is 2.03 bits per heavy atom. The number of anilines is 2. The summed E-state index contributed by atoms with van der Waals surface area (Å²) in [4.78, 5) is 12.6. The van der Waals surface area contributed by atoms with Crippen LogP contribution in [-0.4, -0.2) is 72.6 Å². The zero-order chi connectivity index (χ0) is 22.0. The second-order valence-electron chi connectivity index (χ2n) is 6.86. The highest BCUT2D eigenvalue weighted by Crippen LogP contribution is 2.32. The maximum Gasteiger partial charge on any atom is 0.247 e. The van der Waals surface area contributed by atoms with Crippen molar-refractivity contribution >= 4 is 29.1 Å². The molecule has 4 rings (SSSR count). The van der Waals surface area contributed by atoms with E-state index in [0.29, 0.717) is 12.1 Å². The largest absolute Gasteiger partial charge is 0.494 e. The molecule has 1 aliphatic rings. The number of nitrogens with two attached hydrogens (primary N) is 1. The van der Waals surface area contributed by atoms with Gasteiger partial charge in [-0.2, -0.15) is 15.1 Å². The van der Waals surface area contributed by atoms with Crippen molar-refractivity contribution in [3.63, 3.8) is 0 Å². The van der Waals surface area contributed by atoms with Gasteiger partial charge in [0.15, 0.2) is 17.7 Å². The number of hydrogen-bond acceptors (Lipinski definition) is 11. The van der Waals surface area contributed by atoms with Gasteiger partial charge in [-0.05, 0) is 36.8 Å². The lowest BCUT2D eigenvalue weighted by molar-refractivity contribution is -0.0511. The summed E-state index contributed by atoms with van der Waals surface area (Å²) < 4.78 is 12.4. The average molecular weight is 429 g/mol. The zero-order valence-electron chi connectivity index (χ0n) is 16.7. The molecule has 1 aliphatic heterocycles. The lowest BCUT2D eigenvalue weighted by Crippen LogP contribution is -2.33. The Morgan fingerprint density at radius 1 is 1.26 bits per heavy atom. The molecule has 12 nitrogen and oxygen atoms in total. The Hall–Kier alpha value is -3.32. The van der Waals surface area contributed by atoms with Crippen molar-refractivity contribution in [1.82, 2.24) is 19.5 Å². The molecule has 0 saturated carbocycles. The van der Waals surface area contributed by atoms with E-state index in [4.69, 9.17) is 15.2 Å².